The summed E-state index contributed by atoms with van der Waals surface area (Å²) in [5.41, 5.74) is 9.25. The van der Waals surface area contributed by atoms with Crippen molar-refractivity contribution in [3.63, 3.8) is 0 Å². The van der Waals surface area contributed by atoms with Crippen molar-refractivity contribution in [3.8, 4) is 33.6 Å². The minimum absolute atomic E-state index is 0. The van der Waals surface area contributed by atoms with Crippen molar-refractivity contribution in [2.45, 2.75) is 89.7 Å². The first-order valence-electron chi connectivity index (χ1n) is 20.9. The number of rotatable bonds is 7. The standard InChI is InChI=1S/C30H26NO.C19H24NSi.Ir/c1-3-8-21(9-4-1)18-22-16-17-31-28(19-22)26-13-7-12-25-27-20-24(23-10-5-2-6-11-23)14-15-29(27)32-30(25)26;1-21(2,3)19-14-20-18(16-11-5-4-6-12-16)13-17(19)15-9-7-8-10-15;/h2,5-7,10-12,14-17,19-21H,1,3-4,8-9,18H2;4-6,11,13-15H,7-10H2,1-3H3;/q2*-1;/i18D2;15D;. The Morgan fingerprint density at radius 2 is 1.52 bits per heavy atom. The average Bonchev–Trinajstić information content (AvgIpc) is 3.85. The number of nitrogens with zero attached hydrogens (tertiary/aromatic N) is 2. The molecule has 0 aliphatic heterocycles. The SMILES string of the molecule is [2H]C([2H])(c1ccnc(-c2[c-]ccc3c2oc2ccc(-c4ccccc4)cc23)c1)C1CCCCC1.[2H]C1(c2cc(-c3[c-]cccc3)ncc2[Si](C)(C)C)CCCC1.[Ir]. The molecule has 0 spiro atoms. The van der Waals surface area contributed by atoms with Crippen LogP contribution in [0.5, 0.6) is 0 Å². The summed E-state index contributed by atoms with van der Waals surface area (Å²) in [6.07, 6.45) is 12.0. The number of hydrogen-bond donors (Lipinski definition) is 0. The molecule has 2 aliphatic rings. The fraction of sp³-hybridized carbons (Fsp3) is 0.306. The predicted octanol–water partition coefficient (Wildman–Crippen LogP) is 13.0. The molecule has 0 unspecified atom stereocenters. The summed E-state index contributed by atoms with van der Waals surface area (Å²) >= 11 is 0. The molecule has 0 bridgehead atoms. The zero-order valence-corrected chi connectivity index (χ0v) is 34.9. The summed E-state index contributed by atoms with van der Waals surface area (Å²) in [4.78, 5) is 9.29. The predicted molar refractivity (Wildman–Crippen MR) is 224 cm³/mol. The Morgan fingerprint density at radius 3 is 2.28 bits per heavy atom. The van der Waals surface area contributed by atoms with Gasteiger partial charge in [-0.3, -0.25) is 0 Å². The van der Waals surface area contributed by atoms with Crippen molar-refractivity contribution in [2.24, 2.45) is 5.92 Å². The summed E-state index contributed by atoms with van der Waals surface area (Å²) in [5.74, 6) is -0.360. The molecular formula is C49H50IrN2OSi-2. The van der Waals surface area contributed by atoms with Crippen molar-refractivity contribution in [1.82, 2.24) is 9.97 Å². The van der Waals surface area contributed by atoms with Crippen LogP contribution in [0.3, 0.4) is 0 Å². The van der Waals surface area contributed by atoms with Gasteiger partial charge in [0.1, 0.15) is 5.58 Å². The molecule has 3 nitrogen and oxygen atoms in total. The van der Waals surface area contributed by atoms with Gasteiger partial charge >= 0.3 is 0 Å². The number of benzene rings is 4. The smallest absolute Gasteiger partial charge is 0.120 e. The molecule has 0 saturated heterocycles. The van der Waals surface area contributed by atoms with E-state index in [2.05, 4.69) is 67.1 Å². The van der Waals surface area contributed by atoms with Crippen molar-refractivity contribution in [2.75, 3.05) is 0 Å². The molecule has 3 aromatic heterocycles. The molecule has 0 N–H and O–H groups in total. The van der Waals surface area contributed by atoms with E-state index >= 15 is 0 Å². The number of aromatic nitrogens is 2. The third-order valence-electron chi connectivity index (χ3n) is 10.8. The topological polar surface area (TPSA) is 38.9 Å². The van der Waals surface area contributed by atoms with E-state index in [0.29, 0.717) is 11.3 Å². The second-order valence-electron chi connectivity index (χ2n) is 15.6. The molecule has 1 radical (unpaired) electrons. The van der Waals surface area contributed by atoms with E-state index in [1.165, 1.54) is 35.6 Å². The van der Waals surface area contributed by atoms with Gasteiger partial charge in [0.25, 0.3) is 0 Å². The summed E-state index contributed by atoms with van der Waals surface area (Å²) in [6.45, 7) is 7.04. The molecule has 0 atom stereocenters. The number of fused-ring (bicyclic) bond motifs is 3. The van der Waals surface area contributed by atoms with E-state index in [1.807, 2.05) is 79.0 Å². The number of hydrogen-bond acceptors (Lipinski definition) is 3. The van der Waals surface area contributed by atoms with Crippen molar-refractivity contribution < 1.29 is 28.6 Å². The first kappa shape index (κ1) is 34.3. The first-order valence-corrected chi connectivity index (χ1v) is 22.9. The minimum atomic E-state index is -1.51. The summed E-state index contributed by atoms with van der Waals surface area (Å²) in [7, 11) is -1.51. The van der Waals surface area contributed by atoms with Gasteiger partial charge in [-0.05, 0) is 76.9 Å². The van der Waals surface area contributed by atoms with E-state index in [-0.39, 0.29) is 26.0 Å². The molecule has 2 aliphatic carbocycles. The van der Waals surface area contributed by atoms with Crippen LogP contribution in [0.25, 0.3) is 55.6 Å². The fourth-order valence-electron chi connectivity index (χ4n) is 8.00. The maximum Gasteiger partial charge on any atom is 0.120 e. The number of pyridine rings is 2. The number of furan rings is 1. The Labute approximate surface area is 340 Å². The summed E-state index contributed by atoms with van der Waals surface area (Å²) in [6, 6.07) is 41.0. The van der Waals surface area contributed by atoms with Crippen LogP contribution in [0, 0.1) is 18.1 Å². The van der Waals surface area contributed by atoms with Crippen LogP contribution in [0.1, 0.15) is 78.9 Å². The van der Waals surface area contributed by atoms with Crippen molar-refractivity contribution in [1.29, 1.82) is 0 Å². The molecule has 54 heavy (non-hydrogen) atoms. The first-order chi connectivity index (χ1) is 27.0. The van der Waals surface area contributed by atoms with E-state index in [9.17, 15) is 0 Å². The molecule has 0 amide bonds. The zero-order chi connectivity index (χ0) is 38.9. The van der Waals surface area contributed by atoms with Crippen molar-refractivity contribution in [3.05, 3.63) is 139 Å². The molecule has 3 heterocycles. The zero-order valence-electron chi connectivity index (χ0n) is 34.5. The average molecular weight is 906 g/mol. The summed E-state index contributed by atoms with van der Waals surface area (Å²) < 4.78 is 33.1. The molecule has 2 fully saturated rings. The van der Waals surface area contributed by atoms with Gasteiger partial charge in [-0.25, -0.2) is 0 Å². The van der Waals surface area contributed by atoms with E-state index in [1.54, 1.807) is 6.20 Å². The second kappa shape index (κ2) is 17.1. The maximum absolute atomic E-state index is 8.99. The largest absolute Gasteiger partial charge is 0.501 e. The molecule has 5 heteroatoms. The Morgan fingerprint density at radius 1 is 0.741 bits per heavy atom. The van der Waals surface area contributed by atoms with Crippen LogP contribution < -0.4 is 5.19 Å². The van der Waals surface area contributed by atoms with Crippen LogP contribution >= 0.6 is 0 Å². The normalized spacial score (nSPS) is 16.8. The van der Waals surface area contributed by atoms with Gasteiger partial charge in [-0.15, -0.1) is 54.1 Å². The van der Waals surface area contributed by atoms with Gasteiger partial charge in [-0.2, -0.15) is 0 Å². The second-order valence-corrected chi connectivity index (χ2v) is 20.7. The Balaban J connectivity index is 0.000000188. The quantitative estimate of drug-likeness (QED) is 0.118. The third kappa shape index (κ3) is 8.55. The van der Waals surface area contributed by atoms with E-state index in [0.717, 1.165) is 82.8 Å². The van der Waals surface area contributed by atoms with E-state index < -0.39 is 20.3 Å². The molecule has 4 aromatic carbocycles. The monoisotopic (exact) mass is 906 g/mol. The van der Waals surface area contributed by atoms with E-state index in [4.69, 9.17) is 13.5 Å². The van der Waals surface area contributed by atoms with Gasteiger partial charge in [0, 0.05) is 42.0 Å². The van der Waals surface area contributed by atoms with Crippen LogP contribution in [0.4, 0.5) is 0 Å². The van der Waals surface area contributed by atoms with Crippen LogP contribution in [0.2, 0.25) is 19.6 Å². The van der Waals surface area contributed by atoms with Gasteiger partial charge in [0.2, 0.25) is 0 Å². The Kier molecular flexibility index (Phi) is 10.9. The molecule has 277 valence electrons. The molecule has 9 rings (SSSR count). The fourth-order valence-corrected chi connectivity index (χ4v) is 9.51. The molecule has 2 saturated carbocycles. The Hall–Kier alpha value is -4.15. The summed E-state index contributed by atoms with van der Waals surface area (Å²) in [5, 5.41) is 3.42. The van der Waals surface area contributed by atoms with Gasteiger partial charge in [0.15, 0.2) is 0 Å². The van der Waals surface area contributed by atoms with Gasteiger partial charge in [-0.1, -0.05) is 135 Å². The van der Waals surface area contributed by atoms with Gasteiger partial charge in [0.05, 0.1) is 13.7 Å². The van der Waals surface area contributed by atoms with Gasteiger partial charge < -0.3 is 14.4 Å². The molecular weight excluding hydrogens is 853 g/mol. The third-order valence-corrected chi connectivity index (χ3v) is 12.8. The van der Waals surface area contributed by atoms with Crippen LogP contribution in [0.15, 0.2) is 120 Å². The maximum atomic E-state index is 8.99. The van der Waals surface area contributed by atoms with Crippen LogP contribution in [-0.4, -0.2) is 18.0 Å². The molecule has 7 aromatic rings. The minimum Gasteiger partial charge on any atom is -0.501 e. The van der Waals surface area contributed by atoms with Crippen LogP contribution in [-0.2, 0) is 26.5 Å². The van der Waals surface area contributed by atoms with Crippen molar-refractivity contribution >= 4 is 35.2 Å². The Bertz CT molecular complexity index is 2450.